The van der Waals surface area contributed by atoms with Crippen molar-refractivity contribution in [3.8, 4) is 5.75 Å². The van der Waals surface area contributed by atoms with E-state index in [2.05, 4.69) is 10.2 Å². The van der Waals surface area contributed by atoms with Crippen LogP contribution in [0.25, 0.3) is 4.85 Å². The zero-order valence-corrected chi connectivity index (χ0v) is 21.5. The van der Waals surface area contributed by atoms with Gasteiger partial charge in [0.2, 0.25) is 11.6 Å². The molecule has 0 unspecified atom stereocenters. The summed E-state index contributed by atoms with van der Waals surface area (Å²) in [5, 5.41) is 2.82. The summed E-state index contributed by atoms with van der Waals surface area (Å²) in [5.74, 6) is -1.45. The molecule has 9 heteroatoms. The number of hydrogen-bond acceptors (Lipinski definition) is 4. The van der Waals surface area contributed by atoms with E-state index in [9.17, 15) is 9.59 Å². The van der Waals surface area contributed by atoms with Gasteiger partial charge in [-0.2, -0.15) is 0 Å². The highest BCUT2D eigenvalue weighted by Crippen LogP contribution is 2.41. The van der Waals surface area contributed by atoms with E-state index in [0.29, 0.717) is 18.5 Å². The lowest BCUT2D eigenvalue weighted by atomic mass is 9.85. The third-order valence-corrected chi connectivity index (χ3v) is 6.73. The zero-order valence-electron chi connectivity index (χ0n) is 20.7. The quantitative estimate of drug-likeness (QED) is 0.431. The van der Waals surface area contributed by atoms with Gasteiger partial charge in [-0.05, 0) is 62.7 Å². The Hall–Kier alpha value is -3.51. The molecule has 0 atom stereocenters. The monoisotopic (exact) mass is 496 g/mol. The summed E-state index contributed by atoms with van der Waals surface area (Å²) in [6.45, 7) is 14.5. The summed E-state index contributed by atoms with van der Waals surface area (Å²) >= 11 is 5.65. The number of ether oxygens (including phenoxy) is 1. The van der Waals surface area contributed by atoms with Crippen molar-refractivity contribution in [1.29, 1.82) is 0 Å². The van der Waals surface area contributed by atoms with Crippen LogP contribution >= 0.6 is 12.2 Å². The molecule has 1 fully saturated rings. The first-order chi connectivity index (χ1) is 16.4. The molecule has 1 saturated heterocycles. The number of thiocarbonyl (C=S) groups is 1. The summed E-state index contributed by atoms with van der Waals surface area (Å²) in [6, 6.07) is 10.4. The minimum atomic E-state index is -1.07. The Kier molecular flexibility index (Phi) is 7.18. The van der Waals surface area contributed by atoms with Crippen molar-refractivity contribution in [2.24, 2.45) is 5.41 Å². The topological polar surface area (TPSA) is 66.2 Å². The maximum absolute atomic E-state index is 15.2. The van der Waals surface area contributed by atoms with Crippen LogP contribution in [0.2, 0.25) is 0 Å². The second kappa shape index (κ2) is 9.62. The molecule has 1 aliphatic heterocycles. The molecule has 35 heavy (non-hydrogen) atoms. The summed E-state index contributed by atoms with van der Waals surface area (Å²) in [7, 11) is 2.90. The van der Waals surface area contributed by atoms with Crippen molar-refractivity contribution >= 4 is 46.2 Å². The van der Waals surface area contributed by atoms with Gasteiger partial charge >= 0.3 is 0 Å². The van der Waals surface area contributed by atoms with Crippen LogP contribution in [0.4, 0.5) is 21.5 Å². The number of aryl methyl sites for hydroxylation is 1. The van der Waals surface area contributed by atoms with Gasteiger partial charge in [0, 0.05) is 18.2 Å². The normalized spacial score (nSPS) is 15.3. The second-order valence-corrected chi connectivity index (χ2v) is 9.88. The molecule has 0 spiro atoms. The van der Waals surface area contributed by atoms with Crippen molar-refractivity contribution in [3.63, 3.8) is 0 Å². The Morgan fingerprint density at radius 3 is 2.40 bits per heavy atom. The van der Waals surface area contributed by atoms with Crippen molar-refractivity contribution in [3.05, 3.63) is 59.2 Å². The molecule has 2 amide bonds. The summed E-state index contributed by atoms with van der Waals surface area (Å²) < 4.78 is 20.3. The molecule has 7 nitrogen and oxygen atoms in total. The van der Waals surface area contributed by atoms with E-state index in [1.54, 1.807) is 25.8 Å². The van der Waals surface area contributed by atoms with Crippen LogP contribution in [0.5, 0.6) is 5.75 Å². The Labute approximate surface area is 210 Å². The molecule has 2 aromatic carbocycles. The van der Waals surface area contributed by atoms with E-state index in [4.69, 9.17) is 23.5 Å². The highest BCUT2D eigenvalue weighted by atomic mass is 32.1. The second-order valence-electron chi connectivity index (χ2n) is 9.51. The zero-order chi connectivity index (χ0) is 26.1. The molecule has 3 rings (SSSR count). The molecular weight excluding hydrogens is 467 g/mol. The number of rotatable bonds is 7. The highest BCUT2D eigenvalue weighted by molar-refractivity contribution is 7.81. The van der Waals surface area contributed by atoms with Crippen LogP contribution in [-0.2, 0) is 16.0 Å². The lowest BCUT2D eigenvalue weighted by Gasteiger charge is -2.29. The minimum Gasteiger partial charge on any atom is -0.505 e. The van der Waals surface area contributed by atoms with Crippen LogP contribution in [-0.4, -0.2) is 36.6 Å². The van der Waals surface area contributed by atoms with Crippen LogP contribution in [0, 0.1) is 17.8 Å². The number of anilines is 2. The predicted molar refractivity (Wildman–Crippen MR) is 138 cm³/mol. The van der Waals surface area contributed by atoms with Crippen molar-refractivity contribution < 1.29 is 18.7 Å². The van der Waals surface area contributed by atoms with Gasteiger partial charge in [0.1, 0.15) is 5.54 Å². The van der Waals surface area contributed by atoms with E-state index >= 15 is 4.39 Å². The van der Waals surface area contributed by atoms with Crippen molar-refractivity contribution in [1.82, 2.24) is 5.32 Å². The number of hydrogen-bond donors (Lipinski definition) is 1. The summed E-state index contributed by atoms with van der Waals surface area (Å²) in [4.78, 5) is 31.6. The van der Waals surface area contributed by atoms with Crippen molar-refractivity contribution in [2.75, 3.05) is 24.0 Å². The maximum atomic E-state index is 15.2. The molecule has 1 heterocycles. The number of nitrogens with one attached hydrogen (secondary N) is 1. The maximum Gasteiger partial charge on any atom is 0.259 e. The molecule has 0 aliphatic carbocycles. The number of carbonyl (C=O) groups is 2. The Balaban J connectivity index is 1.91. The first kappa shape index (κ1) is 26.1. The smallest absolute Gasteiger partial charge is 0.259 e. The Morgan fingerprint density at radius 1 is 1.23 bits per heavy atom. The van der Waals surface area contributed by atoms with Gasteiger partial charge in [0.15, 0.2) is 16.7 Å². The third-order valence-electron chi connectivity index (χ3n) is 6.36. The molecule has 0 radical (unpaired) electrons. The number of amides is 2. The van der Waals surface area contributed by atoms with Crippen LogP contribution in [0.1, 0.15) is 39.7 Å². The Morgan fingerprint density at radius 2 is 1.86 bits per heavy atom. The first-order valence-corrected chi connectivity index (χ1v) is 11.5. The standard InChI is InChI=1S/C26H29FN4O3S/c1-25(2,22(32)29-6)15-14-16-8-10-17(11-9-16)31-24(35)30(23(33)26(31,3)4)19-13-12-18(28-5)21(34-7)20(19)27/h8-13H,14-15H2,1-4,6-7H3,(H,29,32). The van der Waals surface area contributed by atoms with Crippen LogP contribution in [0.3, 0.4) is 0 Å². The van der Waals surface area contributed by atoms with E-state index in [0.717, 1.165) is 10.5 Å². The first-order valence-electron chi connectivity index (χ1n) is 11.1. The van der Waals surface area contributed by atoms with E-state index in [1.165, 1.54) is 19.2 Å². The number of methoxy groups -OCH3 is 1. The van der Waals surface area contributed by atoms with Gasteiger partial charge in [-0.3, -0.25) is 14.5 Å². The lowest BCUT2D eigenvalue weighted by Crippen LogP contribution is -2.44. The fraction of sp³-hybridized carbons (Fsp3) is 0.385. The third kappa shape index (κ3) is 4.58. The fourth-order valence-electron chi connectivity index (χ4n) is 4.15. The van der Waals surface area contributed by atoms with Crippen LogP contribution in [0.15, 0.2) is 36.4 Å². The molecule has 0 aromatic heterocycles. The fourth-order valence-corrected chi connectivity index (χ4v) is 4.67. The largest absolute Gasteiger partial charge is 0.505 e. The lowest BCUT2D eigenvalue weighted by molar-refractivity contribution is -0.129. The summed E-state index contributed by atoms with van der Waals surface area (Å²) in [5.41, 5.74) is 0.119. The van der Waals surface area contributed by atoms with Crippen molar-refractivity contribution in [2.45, 2.75) is 46.1 Å². The summed E-state index contributed by atoms with van der Waals surface area (Å²) in [6.07, 6.45) is 1.38. The average molecular weight is 497 g/mol. The average Bonchev–Trinajstić information content (AvgIpc) is 3.00. The van der Waals surface area contributed by atoms with Gasteiger partial charge in [-0.1, -0.05) is 32.0 Å². The van der Waals surface area contributed by atoms with Gasteiger partial charge < -0.3 is 15.0 Å². The molecule has 0 saturated carbocycles. The molecule has 1 aliphatic rings. The number of nitrogens with zero attached hydrogens (tertiary/aromatic N) is 3. The van der Waals surface area contributed by atoms with E-state index < -0.39 is 22.7 Å². The van der Waals surface area contributed by atoms with Gasteiger partial charge in [0.25, 0.3) is 5.91 Å². The molecular formula is C26H29FN4O3S. The SMILES string of the molecule is [C-]#[N+]c1ccc(N2C(=O)C(C)(C)N(c3ccc(CCC(C)(C)C(=O)NC)cc3)C2=S)c(F)c1OC. The molecule has 1 N–H and O–H groups in total. The molecule has 2 aromatic rings. The number of benzene rings is 2. The van der Waals surface area contributed by atoms with Gasteiger partial charge in [-0.15, -0.1) is 0 Å². The van der Waals surface area contributed by atoms with Gasteiger partial charge in [0.05, 0.1) is 19.4 Å². The highest BCUT2D eigenvalue weighted by Gasteiger charge is 2.51. The predicted octanol–water partition coefficient (Wildman–Crippen LogP) is 5.01. The van der Waals surface area contributed by atoms with E-state index in [-0.39, 0.29) is 28.1 Å². The van der Waals surface area contributed by atoms with Gasteiger partial charge in [-0.25, -0.2) is 9.24 Å². The minimum absolute atomic E-state index is 0.00909. The number of carbonyl (C=O) groups excluding carboxylic acids is 2. The molecule has 184 valence electrons. The Bertz CT molecular complexity index is 1220. The van der Waals surface area contributed by atoms with E-state index in [1.807, 2.05) is 38.1 Å². The molecule has 0 bridgehead atoms. The van der Waals surface area contributed by atoms with Crippen LogP contribution < -0.4 is 19.9 Å². The number of halogens is 1.